The fraction of sp³-hybridized carbons (Fsp3) is 1.00. The first-order chi connectivity index (χ1) is 15.3. The molecule has 2 nitrogen and oxygen atoms in total. The molecule has 1 heterocycles. The summed E-state index contributed by atoms with van der Waals surface area (Å²) < 4.78 is 11.7. The number of hydrogen-bond donors (Lipinski definition) is 0. The maximum absolute atomic E-state index is 6.28. The maximum atomic E-state index is 6.28. The van der Waals surface area contributed by atoms with Crippen LogP contribution in [0.2, 0.25) is 0 Å². The van der Waals surface area contributed by atoms with E-state index < -0.39 is 0 Å². The van der Waals surface area contributed by atoms with E-state index in [4.69, 9.17) is 9.47 Å². The van der Waals surface area contributed by atoms with Crippen LogP contribution >= 0.6 is 0 Å². The topological polar surface area (TPSA) is 21.8 Å². The lowest BCUT2D eigenvalue weighted by molar-refractivity contribution is -0.130. The van der Waals surface area contributed by atoms with E-state index in [1.807, 2.05) is 0 Å². The molecule has 10 atom stereocenters. The summed E-state index contributed by atoms with van der Waals surface area (Å²) in [6.07, 6.45) is 18.4. The highest BCUT2D eigenvalue weighted by molar-refractivity contribution is 5.09. The largest absolute Gasteiger partial charge is 0.375 e. The second-order valence-corrected chi connectivity index (χ2v) is 14.0. The second kappa shape index (κ2) is 9.18. The first-order valence-electron chi connectivity index (χ1n) is 14.5. The number of ether oxygens (including phenoxy) is 2. The predicted molar refractivity (Wildman–Crippen MR) is 133 cm³/mol. The van der Waals surface area contributed by atoms with Crippen LogP contribution in [0.5, 0.6) is 0 Å². The van der Waals surface area contributed by atoms with Crippen molar-refractivity contribution in [1.82, 2.24) is 0 Å². The summed E-state index contributed by atoms with van der Waals surface area (Å²) in [5.74, 6) is 6.71. The second-order valence-electron chi connectivity index (χ2n) is 14.0. The molecule has 0 spiro atoms. The molecule has 0 bridgehead atoms. The lowest BCUT2D eigenvalue weighted by Crippen LogP contribution is -2.53. The first-order valence-corrected chi connectivity index (χ1v) is 14.5. The summed E-state index contributed by atoms with van der Waals surface area (Å²) in [4.78, 5) is 0. The van der Waals surface area contributed by atoms with E-state index in [1.54, 1.807) is 6.42 Å². The fourth-order valence-corrected chi connectivity index (χ4v) is 9.41. The van der Waals surface area contributed by atoms with Crippen LogP contribution in [-0.2, 0) is 9.47 Å². The van der Waals surface area contributed by atoms with Crippen molar-refractivity contribution in [1.29, 1.82) is 0 Å². The highest BCUT2D eigenvalue weighted by atomic mass is 16.6. The molecule has 4 saturated carbocycles. The molecular weight excluding hydrogens is 392 g/mol. The number of epoxide rings is 1. The molecule has 0 amide bonds. The normalized spacial score (nSPS) is 48.8. The summed E-state index contributed by atoms with van der Waals surface area (Å²) in [6, 6.07) is 0. The van der Waals surface area contributed by atoms with Crippen molar-refractivity contribution in [2.75, 3.05) is 13.2 Å². The number of hydrogen-bond acceptors (Lipinski definition) is 2. The Morgan fingerprint density at radius 2 is 1.75 bits per heavy atom. The Kier molecular flexibility index (Phi) is 6.78. The summed E-state index contributed by atoms with van der Waals surface area (Å²) in [7, 11) is 0. The van der Waals surface area contributed by atoms with Gasteiger partial charge in [-0.3, -0.25) is 0 Å². The van der Waals surface area contributed by atoms with Gasteiger partial charge in [-0.2, -0.15) is 0 Å². The Morgan fingerprint density at radius 3 is 2.50 bits per heavy atom. The van der Waals surface area contributed by atoms with Gasteiger partial charge in [-0.15, -0.1) is 0 Å². The molecule has 5 aliphatic rings. The Labute approximate surface area is 199 Å². The summed E-state index contributed by atoms with van der Waals surface area (Å²) in [6.45, 7) is 14.5. The summed E-state index contributed by atoms with van der Waals surface area (Å²) in [5.41, 5.74) is 1.23. The van der Waals surface area contributed by atoms with Crippen LogP contribution in [0.3, 0.4) is 0 Å². The quantitative estimate of drug-likeness (QED) is 0.355. The van der Waals surface area contributed by atoms with E-state index >= 15 is 0 Å². The zero-order valence-corrected chi connectivity index (χ0v) is 21.9. The molecule has 5 fully saturated rings. The van der Waals surface area contributed by atoms with Gasteiger partial charge in [-0.1, -0.05) is 53.9 Å². The van der Waals surface area contributed by atoms with E-state index in [2.05, 4.69) is 34.6 Å². The Balaban J connectivity index is 1.21. The molecule has 0 N–H and O–H groups in total. The van der Waals surface area contributed by atoms with Crippen LogP contribution in [0.25, 0.3) is 0 Å². The van der Waals surface area contributed by atoms with E-state index in [9.17, 15) is 0 Å². The molecule has 0 radical (unpaired) electrons. The van der Waals surface area contributed by atoms with Crippen LogP contribution in [-0.4, -0.2) is 25.4 Å². The lowest BCUT2D eigenvalue weighted by Gasteiger charge is -2.60. The lowest BCUT2D eigenvalue weighted by atomic mass is 9.45. The molecule has 1 saturated heterocycles. The fourth-order valence-electron chi connectivity index (χ4n) is 9.41. The highest BCUT2D eigenvalue weighted by Crippen LogP contribution is 2.67. The minimum Gasteiger partial charge on any atom is -0.375 e. The maximum Gasteiger partial charge on any atom is 0.104 e. The Morgan fingerprint density at radius 1 is 0.938 bits per heavy atom. The van der Waals surface area contributed by atoms with Gasteiger partial charge in [0.05, 0.1) is 19.3 Å². The summed E-state index contributed by atoms with van der Waals surface area (Å²) in [5, 5.41) is 0. The Hall–Kier alpha value is -0.0800. The van der Waals surface area contributed by atoms with E-state index in [-0.39, 0.29) is 0 Å². The molecule has 1 aliphatic heterocycles. The molecule has 0 aromatic rings. The van der Waals surface area contributed by atoms with Gasteiger partial charge in [-0.05, 0) is 110 Å². The number of rotatable bonds is 8. The van der Waals surface area contributed by atoms with Crippen molar-refractivity contribution in [2.24, 2.45) is 52.3 Å². The minimum atomic E-state index is 0.415. The van der Waals surface area contributed by atoms with Gasteiger partial charge in [0.25, 0.3) is 0 Å². The number of fused-ring (bicyclic) bond motifs is 5. The zero-order chi connectivity index (χ0) is 22.5. The van der Waals surface area contributed by atoms with Crippen molar-refractivity contribution in [3.63, 3.8) is 0 Å². The Bertz CT molecular complexity index is 641. The minimum absolute atomic E-state index is 0.415. The molecule has 2 heteroatoms. The van der Waals surface area contributed by atoms with Crippen LogP contribution in [0.4, 0.5) is 0 Å². The molecule has 0 aromatic carbocycles. The van der Waals surface area contributed by atoms with Gasteiger partial charge in [0.2, 0.25) is 0 Å². The molecular formula is C30H52O2. The highest BCUT2D eigenvalue weighted by Gasteiger charge is 2.59. The first kappa shape index (κ1) is 23.7. The average Bonchev–Trinajstić information content (AvgIpc) is 3.50. The standard InChI is InChI=1S/C30H52O2/c1-20(2)7-6-8-21(3)22-15-28-26-10-9-23-16-24(31-18-25-19-32-25)11-14-30(23,5)27(26)12-13-29(28,4)17-22/h20-28H,6-19H2,1-5H3. The van der Waals surface area contributed by atoms with Crippen molar-refractivity contribution in [3.05, 3.63) is 0 Å². The van der Waals surface area contributed by atoms with Crippen LogP contribution in [0.1, 0.15) is 112 Å². The van der Waals surface area contributed by atoms with Gasteiger partial charge in [0.1, 0.15) is 6.10 Å². The van der Waals surface area contributed by atoms with Crippen molar-refractivity contribution in [3.8, 4) is 0 Å². The van der Waals surface area contributed by atoms with Crippen LogP contribution in [0.15, 0.2) is 0 Å². The summed E-state index contributed by atoms with van der Waals surface area (Å²) >= 11 is 0. The smallest absolute Gasteiger partial charge is 0.104 e. The van der Waals surface area contributed by atoms with Crippen LogP contribution in [0, 0.1) is 52.3 Å². The third kappa shape index (κ3) is 4.58. The third-order valence-corrected chi connectivity index (χ3v) is 11.6. The van der Waals surface area contributed by atoms with Crippen molar-refractivity contribution < 1.29 is 9.47 Å². The van der Waals surface area contributed by atoms with Gasteiger partial charge < -0.3 is 9.47 Å². The molecule has 32 heavy (non-hydrogen) atoms. The zero-order valence-electron chi connectivity index (χ0n) is 21.9. The van der Waals surface area contributed by atoms with Crippen LogP contribution < -0.4 is 0 Å². The molecule has 4 aliphatic carbocycles. The van der Waals surface area contributed by atoms with E-state index in [0.717, 1.165) is 54.6 Å². The molecule has 184 valence electrons. The molecule has 10 unspecified atom stereocenters. The predicted octanol–water partition coefficient (Wildman–Crippen LogP) is 7.89. The monoisotopic (exact) mass is 444 g/mol. The third-order valence-electron chi connectivity index (χ3n) is 11.6. The molecule has 5 rings (SSSR count). The van der Waals surface area contributed by atoms with Crippen molar-refractivity contribution >= 4 is 0 Å². The average molecular weight is 445 g/mol. The van der Waals surface area contributed by atoms with E-state index in [1.165, 1.54) is 70.6 Å². The van der Waals surface area contributed by atoms with Crippen molar-refractivity contribution in [2.45, 2.75) is 124 Å². The van der Waals surface area contributed by atoms with Gasteiger partial charge >= 0.3 is 0 Å². The van der Waals surface area contributed by atoms with Gasteiger partial charge in [0.15, 0.2) is 0 Å². The van der Waals surface area contributed by atoms with Gasteiger partial charge in [-0.25, -0.2) is 0 Å². The van der Waals surface area contributed by atoms with Gasteiger partial charge in [0, 0.05) is 0 Å². The van der Waals surface area contributed by atoms with E-state index in [0.29, 0.717) is 23.0 Å². The SMILES string of the molecule is CC(C)CCCC(C)C1CC2C3CCC4CC(OCC5CO5)CCC4(C)C3CCC2(C)C1. The molecule has 0 aromatic heterocycles.